The average molecular weight is 261 g/mol. The fourth-order valence-electron chi connectivity index (χ4n) is 1.91. The Bertz CT molecular complexity index is 578. The van der Waals surface area contributed by atoms with Crippen LogP contribution < -0.4 is 10.1 Å². The minimum absolute atomic E-state index is 0.244. The van der Waals surface area contributed by atoms with Gasteiger partial charge in [0.05, 0.1) is 12.4 Å². The summed E-state index contributed by atoms with van der Waals surface area (Å²) >= 11 is 0. The molecule has 1 heterocycles. The van der Waals surface area contributed by atoms with Crippen molar-refractivity contribution in [2.45, 2.75) is 25.4 Å². The van der Waals surface area contributed by atoms with E-state index in [1.54, 1.807) is 23.1 Å². The van der Waals surface area contributed by atoms with Crippen molar-refractivity contribution in [2.75, 3.05) is 0 Å². The Hall–Kier alpha value is -1.88. The van der Waals surface area contributed by atoms with Crippen LogP contribution in [-0.2, 0) is 13.6 Å². The molecule has 0 radical (unpaired) electrons. The van der Waals surface area contributed by atoms with E-state index in [2.05, 4.69) is 10.4 Å². The summed E-state index contributed by atoms with van der Waals surface area (Å²) in [7, 11) is 1.83. The molecule has 1 saturated carbocycles. The highest BCUT2D eigenvalue weighted by Crippen LogP contribution is 2.27. The lowest BCUT2D eigenvalue weighted by Gasteiger charge is -2.10. The van der Waals surface area contributed by atoms with E-state index in [1.807, 2.05) is 7.05 Å². The SMILES string of the molecule is Cn1cc(Oc2ccc(F)cc2CNC2CC2)cn1. The van der Waals surface area contributed by atoms with Gasteiger partial charge in [0.25, 0.3) is 0 Å². The first kappa shape index (κ1) is 12.2. The second-order valence-electron chi connectivity index (χ2n) is 4.86. The highest BCUT2D eigenvalue weighted by molar-refractivity contribution is 5.37. The predicted octanol–water partition coefficient (Wildman–Crippen LogP) is 2.60. The molecule has 3 rings (SSSR count). The van der Waals surface area contributed by atoms with Crippen molar-refractivity contribution in [3.8, 4) is 11.5 Å². The van der Waals surface area contributed by atoms with E-state index in [-0.39, 0.29) is 5.82 Å². The summed E-state index contributed by atoms with van der Waals surface area (Å²) in [6, 6.07) is 5.16. The van der Waals surface area contributed by atoms with Crippen LogP contribution in [0.3, 0.4) is 0 Å². The minimum atomic E-state index is -0.244. The third-order valence-electron chi connectivity index (χ3n) is 3.09. The molecule has 1 aromatic carbocycles. The van der Waals surface area contributed by atoms with Gasteiger partial charge in [-0.15, -0.1) is 0 Å². The van der Waals surface area contributed by atoms with Crippen LogP contribution in [0.25, 0.3) is 0 Å². The lowest BCUT2D eigenvalue weighted by Crippen LogP contribution is -2.15. The van der Waals surface area contributed by atoms with Gasteiger partial charge in [-0.3, -0.25) is 4.68 Å². The van der Waals surface area contributed by atoms with Gasteiger partial charge < -0.3 is 10.1 Å². The Balaban J connectivity index is 1.77. The zero-order valence-corrected chi connectivity index (χ0v) is 10.8. The summed E-state index contributed by atoms with van der Waals surface area (Å²) in [5.41, 5.74) is 0.829. The van der Waals surface area contributed by atoms with Gasteiger partial charge in [-0.2, -0.15) is 5.10 Å². The van der Waals surface area contributed by atoms with E-state index < -0.39 is 0 Å². The molecule has 1 N–H and O–H groups in total. The molecule has 4 nitrogen and oxygen atoms in total. The molecule has 0 spiro atoms. The van der Waals surface area contributed by atoms with Crippen LogP contribution in [0.4, 0.5) is 4.39 Å². The summed E-state index contributed by atoms with van der Waals surface area (Å²) in [6.45, 7) is 0.623. The molecule has 0 unspecified atom stereocenters. The fourth-order valence-corrected chi connectivity index (χ4v) is 1.91. The van der Waals surface area contributed by atoms with Gasteiger partial charge >= 0.3 is 0 Å². The summed E-state index contributed by atoms with van der Waals surface area (Å²) in [5.74, 6) is 1.08. The predicted molar refractivity (Wildman–Crippen MR) is 69.5 cm³/mol. The maximum absolute atomic E-state index is 13.3. The van der Waals surface area contributed by atoms with E-state index in [9.17, 15) is 4.39 Å². The van der Waals surface area contributed by atoms with Crippen LogP contribution in [0.5, 0.6) is 11.5 Å². The number of aromatic nitrogens is 2. The summed E-state index contributed by atoms with van der Waals surface area (Å²) in [5, 5.41) is 7.41. The summed E-state index contributed by atoms with van der Waals surface area (Å²) < 4.78 is 20.7. The Morgan fingerprint density at radius 1 is 1.47 bits per heavy atom. The molecule has 0 bridgehead atoms. The topological polar surface area (TPSA) is 39.1 Å². The molecule has 1 aliphatic rings. The van der Waals surface area contributed by atoms with Gasteiger partial charge in [-0.25, -0.2) is 4.39 Å². The summed E-state index contributed by atoms with van der Waals surface area (Å²) in [6.07, 6.45) is 5.82. The Labute approximate surface area is 111 Å². The van der Waals surface area contributed by atoms with E-state index in [1.165, 1.54) is 25.0 Å². The lowest BCUT2D eigenvalue weighted by atomic mass is 10.2. The average Bonchev–Trinajstić information content (AvgIpc) is 3.13. The van der Waals surface area contributed by atoms with Crippen molar-refractivity contribution in [3.05, 3.63) is 42.0 Å². The lowest BCUT2D eigenvalue weighted by molar-refractivity contribution is 0.469. The standard InChI is InChI=1S/C14H16FN3O/c1-18-9-13(8-17-18)19-14-5-2-11(15)6-10(14)7-16-12-3-4-12/h2,5-6,8-9,12,16H,3-4,7H2,1H3. The van der Waals surface area contributed by atoms with E-state index in [4.69, 9.17) is 4.74 Å². The molecule has 0 amide bonds. The highest BCUT2D eigenvalue weighted by Gasteiger charge is 2.20. The number of hydrogen-bond acceptors (Lipinski definition) is 3. The molecule has 0 aliphatic heterocycles. The minimum Gasteiger partial charge on any atom is -0.454 e. The normalized spacial score (nSPS) is 14.6. The number of halogens is 1. The van der Waals surface area contributed by atoms with Crippen molar-refractivity contribution in [2.24, 2.45) is 7.05 Å². The Morgan fingerprint density at radius 3 is 3.00 bits per heavy atom. The largest absolute Gasteiger partial charge is 0.454 e. The quantitative estimate of drug-likeness (QED) is 0.899. The molecular formula is C14H16FN3O. The molecule has 100 valence electrons. The Morgan fingerprint density at radius 2 is 2.32 bits per heavy atom. The molecule has 2 aromatic rings. The van der Waals surface area contributed by atoms with Crippen molar-refractivity contribution < 1.29 is 9.13 Å². The van der Waals surface area contributed by atoms with Gasteiger partial charge in [-0.05, 0) is 31.0 Å². The molecule has 1 aliphatic carbocycles. The smallest absolute Gasteiger partial charge is 0.165 e. The number of nitrogens with one attached hydrogen (secondary N) is 1. The third kappa shape index (κ3) is 3.12. The highest BCUT2D eigenvalue weighted by atomic mass is 19.1. The van der Waals surface area contributed by atoms with Gasteiger partial charge in [0.2, 0.25) is 0 Å². The first-order valence-electron chi connectivity index (χ1n) is 6.39. The first-order chi connectivity index (χ1) is 9.20. The second kappa shape index (κ2) is 5.01. The van der Waals surface area contributed by atoms with Crippen molar-refractivity contribution >= 4 is 0 Å². The maximum Gasteiger partial charge on any atom is 0.165 e. The van der Waals surface area contributed by atoms with Crippen LogP contribution in [0.15, 0.2) is 30.6 Å². The van der Waals surface area contributed by atoms with Gasteiger partial charge in [0.15, 0.2) is 5.75 Å². The maximum atomic E-state index is 13.3. The zero-order chi connectivity index (χ0) is 13.2. The third-order valence-corrected chi connectivity index (χ3v) is 3.09. The van der Waals surface area contributed by atoms with Crippen LogP contribution in [0.2, 0.25) is 0 Å². The van der Waals surface area contributed by atoms with Gasteiger partial charge in [-0.1, -0.05) is 0 Å². The monoisotopic (exact) mass is 261 g/mol. The number of nitrogens with zero attached hydrogens (tertiary/aromatic N) is 2. The van der Waals surface area contributed by atoms with E-state index in [0.717, 1.165) is 5.56 Å². The van der Waals surface area contributed by atoms with E-state index in [0.29, 0.717) is 24.1 Å². The van der Waals surface area contributed by atoms with Crippen LogP contribution >= 0.6 is 0 Å². The molecular weight excluding hydrogens is 245 g/mol. The fraction of sp³-hybridized carbons (Fsp3) is 0.357. The van der Waals surface area contributed by atoms with Crippen LogP contribution in [0, 0.1) is 5.82 Å². The number of rotatable bonds is 5. The molecule has 1 aromatic heterocycles. The molecule has 19 heavy (non-hydrogen) atoms. The number of benzene rings is 1. The molecule has 0 atom stereocenters. The summed E-state index contributed by atoms with van der Waals surface area (Å²) in [4.78, 5) is 0. The van der Waals surface area contributed by atoms with E-state index >= 15 is 0 Å². The van der Waals surface area contributed by atoms with Crippen molar-refractivity contribution in [1.82, 2.24) is 15.1 Å². The molecule has 5 heteroatoms. The number of ether oxygens (including phenoxy) is 1. The molecule has 1 fully saturated rings. The second-order valence-corrected chi connectivity index (χ2v) is 4.86. The van der Waals surface area contributed by atoms with Gasteiger partial charge in [0, 0.05) is 25.2 Å². The Kier molecular flexibility index (Phi) is 3.21. The first-order valence-corrected chi connectivity index (χ1v) is 6.39. The van der Waals surface area contributed by atoms with Crippen LogP contribution in [-0.4, -0.2) is 15.8 Å². The number of hydrogen-bond donors (Lipinski definition) is 1. The van der Waals surface area contributed by atoms with Crippen molar-refractivity contribution in [3.63, 3.8) is 0 Å². The van der Waals surface area contributed by atoms with Crippen molar-refractivity contribution in [1.29, 1.82) is 0 Å². The number of aryl methyl sites for hydroxylation is 1. The van der Waals surface area contributed by atoms with Gasteiger partial charge in [0.1, 0.15) is 11.6 Å². The zero-order valence-electron chi connectivity index (χ0n) is 10.8. The van der Waals surface area contributed by atoms with Crippen LogP contribution in [0.1, 0.15) is 18.4 Å². The molecule has 0 saturated heterocycles.